The number of anilines is 1. The Morgan fingerprint density at radius 3 is 2.76 bits per heavy atom. The Morgan fingerprint density at radius 1 is 1.29 bits per heavy atom. The van der Waals surface area contributed by atoms with Crippen molar-refractivity contribution in [3.8, 4) is 0 Å². The maximum atomic E-state index is 5.52. The molecular weight excluding hydrogens is 393 g/mol. The number of hydrogen-bond acceptors (Lipinski definition) is 2. The summed E-state index contributed by atoms with van der Waals surface area (Å²) in [5.41, 5.74) is 2.47. The van der Waals surface area contributed by atoms with E-state index in [1.165, 1.54) is 11.3 Å². The molecule has 2 aromatic rings. The first-order valence-corrected chi connectivity index (χ1v) is 7.32. The van der Waals surface area contributed by atoms with Gasteiger partial charge in [0.25, 0.3) is 0 Å². The summed E-state index contributed by atoms with van der Waals surface area (Å²) in [5.74, 6) is 0.958. The van der Waals surface area contributed by atoms with Crippen LogP contribution in [0.25, 0.3) is 0 Å². The minimum atomic E-state index is 0.720. The summed E-state index contributed by atoms with van der Waals surface area (Å²) in [4.78, 5) is 0. The highest BCUT2D eigenvalue weighted by Gasteiger charge is 2.03. The third-order valence-corrected chi connectivity index (χ3v) is 3.60. The number of furan rings is 1. The van der Waals surface area contributed by atoms with Crippen LogP contribution in [0.3, 0.4) is 0 Å². The molecule has 2 nitrogen and oxygen atoms in total. The Kier molecular flexibility index (Phi) is 4.50. The summed E-state index contributed by atoms with van der Waals surface area (Å²) in [6.07, 6.45) is 1.01. The number of nitrogens with one attached hydrogen (secondary N) is 1. The molecule has 2 rings (SSSR count). The quantitative estimate of drug-likeness (QED) is 0.737. The molecule has 0 saturated carbocycles. The van der Waals surface area contributed by atoms with Crippen molar-refractivity contribution in [2.75, 3.05) is 5.32 Å². The summed E-state index contributed by atoms with van der Waals surface area (Å²) in [7, 11) is 0. The van der Waals surface area contributed by atoms with Gasteiger partial charge in [-0.1, -0.05) is 22.9 Å². The fourth-order valence-corrected chi connectivity index (χ4v) is 2.53. The molecule has 0 saturated heterocycles. The van der Waals surface area contributed by atoms with E-state index in [1.807, 2.05) is 18.2 Å². The van der Waals surface area contributed by atoms with Crippen LogP contribution < -0.4 is 5.32 Å². The van der Waals surface area contributed by atoms with E-state index in [4.69, 9.17) is 4.42 Å². The average molecular weight is 406 g/mol. The molecule has 1 aromatic carbocycles. The molecule has 0 fully saturated rings. The first-order valence-electron chi connectivity index (χ1n) is 5.45. The Labute approximate surface area is 123 Å². The highest BCUT2D eigenvalue weighted by Crippen LogP contribution is 2.22. The highest BCUT2D eigenvalue weighted by atomic mass is 127. The van der Waals surface area contributed by atoms with E-state index in [-0.39, 0.29) is 0 Å². The van der Waals surface area contributed by atoms with Gasteiger partial charge in [-0.05, 0) is 64.9 Å². The molecule has 0 radical (unpaired) electrons. The zero-order chi connectivity index (χ0) is 12.3. The lowest BCUT2D eigenvalue weighted by atomic mass is 10.1. The van der Waals surface area contributed by atoms with Gasteiger partial charge in [-0.25, -0.2) is 0 Å². The van der Waals surface area contributed by atoms with Gasteiger partial charge in [-0.3, -0.25) is 0 Å². The van der Waals surface area contributed by atoms with Crippen molar-refractivity contribution in [2.45, 2.75) is 19.9 Å². The molecular formula is C13H13BrINO. The number of benzene rings is 1. The monoisotopic (exact) mass is 405 g/mol. The fourth-order valence-electron chi connectivity index (χ4n) is 1.66. The van der Waals surface area contributed by atoms with Crippen LogP contribution in [0.4, 0.5) is 5.69 Å². The molecule has 0 aliphatic heterocycles. The molecule has 0 amide bonds. The zero-order valence-corrected chi connectivity index (χ0v) is 13.2. The van der Waals surface area contributed by atoms with E-state index in [9.17, 15) is 0 Å². The van der Waals surface area contributed by atoms with Gasteiger partial charge in [0.15, 0.2) is 3.77 Å². The van der Waals surface area contributed by atoms with Crippen molar-refractivity contribution in [3.05, 3.63) is 49.9 Å². The number of aryl methyl sites for hydroxylation is 1. The lowest BCUT2D eigenvalue weighted by molar-refractivity contribution is 0.493. The van der Waals surface area contributed by atoms with E-state index in [0.29, 0.717) is 0 Å². The summed E-state index contributed by atoms with van der Waals surface area (Å²) < 4.78 is 7.56. The first kappa shape index (κ1) is 13.0. The zero-order valence-electron chi connectivity index (χ0n) is 9.47. The minimum absolute atomic E-state index is 0.720. The molecule has 0 spiro atoms. The van der Waals surface area contributed by atoms with Crippen LogP contribution in [0.5, 0.6) is 0 Å². The van der Waals surface area contributed by atoms with Crippen LogP contribution in [0.2, 0.25) is 0 Å². The smallest absolute Gasteiger partial charge is 0.164 e. The predicted octanol–water partition coefficient (Wildman–Crippen LogP) is 4.82. The van der Waals surface area contributed by atoms with Gasteiger partial charge < -0.3 is 9.73 Å². The lowest BCUT2D eigenvalue weighted by Gasteiger charge is -2.10. The number of halogens is 2. The summed E-state index contributed by atoms with van der Waals surface area (Å²) in [6, 6.07) is 10.3. The van der Waals surface area contributed by atoms with Crippen LogP contribution in [-0.4, -0.2) is 0 Å². The number of rotatable bonds is 4. The standard InChI is InChI=1S/C13H13BrINO/c1-2-9-7-10(14)3-5-12(9)16-8-11-4-6-13(15)17-11/h3-7,16H,2,8H2,1H3. The van der Waals surface area contributed by atoms with Gasteiger partial charge in [-0.15, -0.1) is 0 Å². The van der Waals surface area contributed by atoms with Crippen molar-refractivity contribution in [1.82, 2.24) is 0 Å². The maximum Gasteiger partial charge on any atom is 0.164 e. The van der Waals surface area contributed by atoms with Crippen LogP contribution in [0.1, 0.15) is 18.2 Å². The summed E-state index contributed by atoms with van der Waals surface area (Å²) in [6.45, 7) is 2.88. The molecule has 0 atom stereocenters. The minimum Gasteiger partial charge on any atom is -0.454 e. The molecule has 0 bridgehead atoms. The van der Waals surface area contributed by atoms with E-state index in [2.05, 4.69) is 62.9 Å². The number of hydrogen-bond donors (Lipinski definition) is 1. The van der Waals surface area contributed by atoms with Gasteiger partial charge in [0, 0.05) is 10.2 Å². The Morgan fingerprint density at radius 2 is 2.12 bits per heavy atom. The molecule has 0 unspecified atom stereocenters. The van der Waals surface area contributed by atoms with Crippen LogP contribution in [-0.2, 0) is 13.0 Å². The van der Waals surface area contributed by atoms with Crippen LogP contribution in [0, 0.1) is 3.77 Å². The lowest BCUT2D eigenvalue weighted by Crippen LogP contribution is -2.01. The van der Waals surface area contributed by atoms with Crippen molar-refractivity contribution >= 4 is 44.2 Å². The molecule has 1 aromatic heterocycles. The molecule has 0 aliphatic carbocycles. The predicted molar refractivity (Wildman–Crippen MR) is 82.3 cm³/mol. The van der Waals surface area contributed by atoms with Gasteiger partial charge in [0.1, 0.15) is 5.76 Å². The summed E-state index contributed by atoms with van der Waals surface area (Å²) >= 11 is 5.66. The van der Waals surface area contributed by atoms with Crippen LogP contribution >= 0.6 is 38.5 Å². The third-order valence-electron chi connectivity index (χ3n) is 2.53. The van der Waals surface area contributed by atoms with Gasteiger partial charge >= 0.3 is 0 Å². The van der Waals surface area contributed by atoms with Gasteiger partial charge in [0.05, 0.1) is 6.54 Å². The molecule has 17 heavy (non-hydrogen) atoms. The Bertz CT molecular complexity index is 510. The molecule has 4 heteroatoms. The van der Waals surface area contributed by atoms with E-state index in [1.54, 1.807) is 0 Å². The largest absolute Gasteiger partial charge is 0.454 e. The Hall–Kier alpha value is -0.490. The molecule has 1 N–H and O–H groups in total. The second kappa shape index (κ2) is 5.91. The topological polar surface area (TPSA) is 25.2 Å². The highest BCUT2D eigenvalue weighted by molar-refractivity contribution is 14.1. The average Bonchev–Trinajstić information content (AvgIpc) is 2.73. The maximum absolute atomic E-state index is 5.52. The van der Waals surface area contributed by atoms with Gasteiger partial charge in [-0.2, -0.15) is 0 Å². The molecule has 90 valence electrons. The second-order valence-electron chi connectivity index (χ2n) is 3.71. The molecule has 1 heterocycles. The normalized spacial score (nSPS) is 10.5. The Balaban J connectivity index is 2.08. The second-order valence-corrected chi connectivity index (χ2v) is 5.69. The fraction of sp³-hybridized carbons (Fsp3) is 0.231. The first-order chi connectivity index (χ1) is 8.19. The molecule has 0 aliphatic rings. The van der Waals surface area contributed by atoms with Crippen molar-refractivity contribution < 1.29 is 4.42 Å². The van der Waals surface area contributed by atoms with Crippen molar-refractivity contribution in [3.63, 3.8) is 0 Å². The van der Waals surface area contributed by atoms with Crippen LogP contribution in [0.15, 0.2) is 39.2 Å². The van der Waals surface area contributed by atoms with Crippen molar-refractivity contribution in [2.24, 2.45) is 0 Å². The van der Waals surface area contributed by atoms with E-state index >= 15 is 0 Å². The third kappa shape index (κ3) is 3.48. The van der Waals surface area contributed by atoms with E-state index in [0.717, 1.165) is 27.0 Å². The SMILES string of the molecule is CCc1cc(Br)ccc1NCc1ccc(I)o1. The van der Waals surface area contributed by atoms with Crippen molar-refractivity contribution in [1.29, 1.82) is 0 Å². The summed E-state index contributed by atoms with van der Waals surface area (Å²) in [5, 5.41) is 3.40. The van der Waals surface area contributed by atoms with Gasteiger partial charge in [0.2, 0.25) is 0 Å². The van der Waals surface area contributed by atoms with E-state index < -0.39 is 0 Å².